The topological polar surface area (TPSA) is 76.0 Å². The van der Waals surface area contributed by atoms with E-state index in [2.05, 4.69) is 24.1 Å². The van der Waals surface area contributed by atoms with Crippen LogP contribution in [0.1, 0.15) is 63.5 Å². The number of aromatic nitrogens is 1. The number of likely N-dealkylation sites (tertiary alicyclic amines) is 1. The number of carbonyl (C=O) groups is 2. The summed E-state index contributed by atoms with van der Waals surface area (Å²) in [5.74, 6) is 2.62. The van der Waals surface area contributed by atoms with E-state index in [1.165, 1.54) is 6.42 Å². The van der Waals surface area contributed by atoms with E-state index in [0.29, 0.717) is 37.2 Å². The second kappa shape index (κ2) is 12.4. The van der Waals surface area contributed by atoms with Gasteiger partial charge in [0.1, 0.15) is 22.7 Å². The van der Waals surface area contributed by atoms with E-state index >= 15 is 0 Å². The first-order valence-electron chi connectivity index (χ1n) is 15.3. The molecule has 0 saturated carbocycles. The van der Waals surface area contributed by atoms with Gasteiger partial charge in [0.05, 0.1) is 25.3 Å². The van der Waals surface area contributed by atoms with Gasteiger partial charge in [-0.25, -0.2) is 0 Å². The fraction of sp³-hybridized carbons (Fsp3) is 0.529. The van der Waals surface area contributed by atoms with Crippen LogP contribution in [0.25, 0.3) is 10.9 Å². The summed E-state index contributed by atoms with van der Waals surface area (Å²) in [4.78, 5) is 32.4. The van der Waals surface area contributed by atoms with Crippen molar-refractivity contribution in [2.24, 2.45) is 11.8 Å². The first-order chi connectivity index (χ1) is 20.1. The number of carbonyl (C=O) groups excluding carboxylic acids is 2. The summed E-state index contributed by atoms with van der Waals surface area (Å²) in [6.45, 7) is 15.0. The van der Waals surface area contributed by atoms with Gasteiger partial charge in [0.15, 0.2) is 0 Å². The van der Waals surface area contributed by atoms with Gasteiger partial charge in [0, 0.05) is 37.6 Å². The second-order valence-electron chi connectivity index (χ2n) is 12.8. The quantitative estimate of drug-likeness (QED) is 0.331. The van der Waals surface area contributed by atoms with Gasteiger partial charge in [-0.3, -0.25) is 9.59 Å². The SMILES string of the molecule is COc1ccc2cc3n(c2c1)C[C@](C)(C(=O)NCCCN1C[C@H](C)C[C@H](C)C1)N(Cc1ccc(OC(C)C)cc1)C3=O. The lowest BCUT2D eigenvalue weighted by atomic mass is 9.92. The van der Waals surface area contributed by atoms with Crippen molar-refractivity contribution in [2.45, 2.75) is 72.2 Å². The zero-order valence-electron chi connectivity index (χ0n) is 26.0. The smallest absolute Gasteiger partial charge is 0.271 e. The van der Waals surface area contributed by atoms with E-state index in [4.69, 9.17) is 9.47 Å². The number of hydrogen-bond acceptors (Lipinski definition) is 5. The lowest BCUT2D eigenvalue weighted by Gasteiger charge is -2.44. The van der Waals surface area contributed by atoms with E-state index in [9.17, 15) is 9.59 Å². The Balaban J connectivity index is 1.38. The first-order valence-corrected chi connectivity index (χ1v) is 15.3. The molecule has 3 aromatic rings. The average Bonchev–Trinajstić information content (AvgIpc) is 3.30. The summed E-state index contributed by atoms with van der Waals surface area (Å²) in [7, 11) is 1.63. The van der Waals surface area contributed by atoms with Crippen LogP contribution in [-0.4, -0.2) is 71.1 Å². The Morgan fingerprint density at radius 2 is 1.74 bits per heavy atom. The van der Waals surface area contributed by atoms with Crippen LogP contribution in [0.3, 0.4) is 0 Å². The van der Waals surface area contributed by atoms with Gasteiger partial charge in [0.2, 0.25) is 5.91 Å². The van der Waals surface area contributed by atoms with Crippen molar-refractivity contribution in [1.82, 2.24) is 19.7 Å². The predicted octanol–water partition coefficient (Wildman–Crippen LogP) is 5.34. The molecule has 0 bridgehead atoms. The lowest BCUT2D eigenvalue weighted by molar-refractivity contribution is -0.133. The largest absolute Gasteiger partial charge is 0.497 e. The van der Waals surface area contributed by atoms with E-state index in [0.717, 1.165) is 54.0 Å². The van der Waals surface area contributed by atoms with Crippen molar-refractivity contribution in [2.75, 3.05) is 33.3 Å². The molecule has 0 unspecified atom stereocenters. The monoisotopic (exact) mass is 574 g/mol. The number of rotatable bonds is 10. The van der Waals surface area contributed by atoms with Crippen LogP contribution < -0.4 is 14.8 Å². The van der Waals surface area contributed by atoms with Gasteiger partial charge < -0.3 is 29.2 Å². The highest BCUT2D eigenvalue weighted by Gasteiger charge is 2.47. The molecular weight excluding hydrogens is 528 g/mol. The summed E-state index contributed by atoms with van der Waals surface area (Å²) in [5.41, 5.74) is 1.33. The molecule has 42 heavy (non-hydrogen) atoms. The molecule has 1 saturated heterocycles. The third-order valence-corrected chi connectivity index (χ3v) is 8.64. The Bertz CT molecular complexity index is 1400. The summed E-state index contributed by atoms with van der Waals surface area (Å²) in [5, 5.41) is 4.15. The molecule has 0 spiro atoms. The van der Waals surface area contributed by atoms with Crippen LogP contribution in [-0.2, 0) is 17.9 Å². The molecule has 2 aromatic carbocycles. The van der Waals surface area contributed by atoms with E-state index in [1.807, 2.05) is 73.9 Å². The molecule has 3 atom stereocenters. The predicted molar refractivity (Wildman–Crippen MR) is 166 cm³/mol. The maximum atomic E-state index is 14.1. The zero-order chi connectivity index (χ0) is 30.0. The Morgan fingerprint density at radius 1 is 1.05 bits per heavy atom. The van der Waals surface area contributed by atoms with Crippen molar-refractivity contribution >= 4 is 22.7 Å². The third kappa shape index (κ3) is 6.28. The molecule has 0 radical (unpaired) electrons. The van der Waals surface area contributed by atoms with Gasteiger partial charge in [-0.15, -0.1) is 0 Å². The fourth-order valence-electron chi connectivity index (χ4n) is 6.70. The minimum atomic E-state index is -1.08. The molecule has 226 valence electrons. The van der Waals surface area contributed by atoms with Crippen LogP contribution >= 0.6 is 0 Å². The number of fused-ring (bicyclic) bond motifs is 3. The molecule has 5 rings (SSSR count). The number of methoxy groups -OCH3 is 1. The normalized spacial score (nSPS) is 22.8. The number of amides is 2. The molecule has 1 fully saturated rings. The highest BCUT2D eigenvalue weighted by Crippen LogP contribution is 2.35. The van der Waals surface area contributed by atoms with E-state index in [-0.39, 0.29) is 17.9 Å². The number of benzene rings is 2. The van der Waals surface area contributed by atoms with Crippen molar-refractivity contribution < 1.29 is 19.1 Å². The van der Waals surface area contributed by atoms with Crippen LogP contribution in [0.15, 0.2) is 48.5 Å². The maximum absolute atomic E-state index is 14.1. The minimum absolute atomic E-state index is 0.0776. The minimum Gasteiger partial charge on any atom is -0.497 e. The fourth-order valence-corrected chi connectivity index (χ4v) is 6.70. The molecule has 1 N–H and O–H groups in total. The highest BCUT2D eigenvalue weighted by atomic mass is 16.5. The lowest BCUT2D eigenvalue weighted by Crippen LogP contribution is -2.63. The number of hydrogen-bond donors (Lipinski definition) is 1. The van der Waals surface area contributed by atoms with E-state index in [1.54, 1.807) is 12.0 Å². The Morgan fingerprint density at radius 3 is 2.40 bits per heavy atom. The van der Waals surface area contributed by atoms with Gasteiger partial charge in [0.25, 0.3) is 5.91 Å². The average molecular weight is 575 g/mol. The van der Waals surface area contributed by atoms with Crippen molar-refractivity contribution in [3.63, 3.8) is 0 Å². The molecule has 8 nitrogen and oxygen atoms in total. The molecule has 8 heteroatoms. The molecule has 2 aliphatic rings. The molecule has 3 heterocycles. The molecular formula is C34H46N4O4. The third-order valence-electron chi connectivity index (χ3n) is 8.64. The Hall–Kier alpha value is -3.52. The summed E-state index contributed by atoms with van der Waals surface area (Å²) < 4.78 is 13.3. The van der Waals surface area contributed by atoms with Crippen LogP contribution in [0.5, 0.6) is 11.5 Å². The van der Waals surface area contributed by atoms with E-state index < -0.39 is 5.54 Å². The molecule has 1 aromatic heterocycles. The molecule has 2 amide bonds. The molecule has 2 aliphatic heterocycles. The van der Waals surface area contributed by atoms with Gasteiger partial charge in [-0.05, 0) is 87.9 Å². The second-order valence-corrected chi connectivity index (χ2v) is 12.8. The maximum Gasteiger partial charge on any atom is 0.271 e. The zero-order valence-corrected chi connectivity index (χ0v) is 26.0. The summed E-state index contributed by atoms with van der Waals surface area (Å²) in [6, 6.07) is 15.5. The standard InChI is InChI=1S/C34H46N4O4/c1-23(2)42-28-11-8-26(9-12-28)21-38-32(39)31-17-27-10-13-29(41-6)18-30(27)37(31)22-34(38,5)33(40)35-14-7-15-36-19-24(3)16-25(4)20-36/h8-13,17-18,23-25H,7,14-16,19-22H2,1-6H3,(H,35,40)/t24-,25+,34-/m1/s1. The molecule has 0 aliphatic carbocycles. The number of ether oxygens (including phenoxy) is 2. The van der Waals surface area contributed by atoms with Crippen molar-refractivity contribution in [1.29, 1.82) is 0 Å². The van der Waals surface area contributed by atoms with Crippen LogP contribution in [0, 0.1) is 11.8 Å². The van der Waals surface area contributed by atoms with Crippen LogP contribution in [0.2, 0.25) is 0 Å². The number of piperidine rings is 1. The summed E-state index contributed by atoms with van der Waals surface area (Å²) >= 11 is 0. The van der Waals surface area contributed by atoms with Gasteiger partial charge in [-0.2, -0.15) is 0 Å². The number of nitrogens with one attached hydrogen (secondary N) is 1. The summed E-state index contributed by atoms with van der Waals surface area (Å²) in [6.07, 6.45) is 2.24. The first kappa shape index (κ1) is 30.0. The van der Waals surface area contributed by atoms with Crippen LogP contribution in [0.4, 0.5) is 0 Å². The Labute approximate surface area is 249 Å². The number of nitrogens with zero attached hydrogens (tertiary/aromatic N) is 3. The van der Waals surface area contributed by atoms with Gasteiger partial charge >= 0.3 is 0 Å². The van der Waals surface area contributed by atoms with Gasteiger partial charge in [-0.1, -0.05) is 26.0 Å². The highest BCUT2D eigenvalue weighted by molar-refractivity contribution is 6.03. The Kier molecular flexibility index (Phi) is 8.83. The van der Waals surface area contributed by atoms with Crippen molar-refractivity contribution in [3.8, 4) is 11.5 Å². The van der Waals surface area contributed by atoms with Crippen molar-refractivity contribution in [3.05, 3.63) is 59.8 Å².